The summed E-state index contributed by atoms with van der Waals surface area (Å²) in [5.74, 6) is 0. The molecule has 0 spiro atoms. The average molecular weight is 283 g/mol. The SMILES string of the molecule is CN(CCCN=[N+]=[N-])Cc1ccccc1Br. The van der Waals surface area contributed by atoms with E-state index in [1.807, 2.05) is 18.2 Å². The van der Waals surface area contributed by atoms with Gasteiger partial charge in [0.2, 0.25) is 0 Å². The zero-order valence-corrected chi connectivity index (χ0v) is 10.9. The van der Waals surface area contributed by atoms with Crippen molar-refractivity contribution in [3.63, 3.8) is 0 Å². The van der Waals surface area contributed by atoms with Gasteiger partial charge in [0.25, 0.3) is 0 Å². The molecule has 0 aliphatic rings. The fourth-order valence-electron chi connectivity index (χ4n) is 1.45. The molecule has 0 aromatic heterocycles. The van der Waals surface area contributed by atoms with Crippen LogP contribution in [0.4, 0.5) is 0 Å². The number of benzene rings is 1. The topological polar surface area (TPSA) is 52.0 Å². The van der Waals surface area contributed by atoms with E-state index in [0.29, 0.717) is 6.54 Å². The predicted molar refractivity (Wildman–Crippen MR) is 69.1 cm³/mol. The summed E-state index contributed by atoms with van der Waals surface area (Å²) in [5, 5.41) is 3.51. The molecule has 1 aromatic carbocycles. The molecule has 0 heterocycles. The van der Waals surface area contributed by atoms with E-state index in [1.54, 1.807) is 0 Å². The molecule has 0 unspecified atom stereocenters. The van der Waals surface area contributed by atoms with Gasteiger partial charge in [-0.05, 0) is 37.2 Å². The van der Waals surface area contributed by atoms with Gasteiger partial charge in [-0.25, -0.2) is 0 Å². The second-order valence-electron chi connectivity index (χ2n) is 3.64. The summed E-state index contributed by atoms with van der Waals surface area (Å²) in [4.78, 5) is 4.94. The maximum absolute atomic E-state index is 8.14. The third-order valence-corrected chi connectivity index (χ3v) is 3.03. The van der Waals surface area contributed by atoms with Crippen LogP contribution in [0, 0.1) is 0 Å². The van der Waals surface area contributed by atoms with Gasteiger partial charge in [-0.1, -0.05) is 39.2 Å². The molecule has 0 saturated carbocycles. The first kappa shape index (κ1) is 13.0. The Morgan fingerprint density at radius 3 is 2.88 bits per heavy atom. The smallest absolute Gasteiger partial charge is 0.0270 e. The molecule has 16 heavy (non-hydrogen) atoms. The number of rotatable bonds is 6. The zero-order valence-electron chi connectivity index (χ0n) is 9.30. The van der Waals surface area contributed by atoms with Crippen LogP contribution in [0.2, 0.25) is 0 Å². The summed E-state index contributed by atoms with van der Waals surface area (Å²) in [6.07, 6.45) is 0.894. The molecule has 86 valence electrons. The van der Waals surface area contributed by atoms with Gasteiger partial charge in [0.05, 0.1) is 0 Å². The maximum Gasteiger partial charge on any atom is 0.0270 e. The van der Waals surface area contributed by atoms with Gasteiger partial charge in [0.1, 0.15) is 0 Å². The van der Waals surface area contributed by atoms with Crippen LogP contribution in [-0.4, -0.2) is 25.0 Å². The Morgan fingerprint density at radius 2 is 2.19 bits per heavy atom. The Hall–Kier alpha value is -1.03. The maximum atomic E-state index is 8.14. The summed E-state index contributed by atoms with van der Waals surface area (Å²) in [5.41, 5.74) is 9.41. The number of hydrogen-bond acceptors (Lipinski definition) is 2. The lowest BCUT2D eigenvalue weighted by Crippen LogP contribution is -2.19. The van der Waals surface area contributed by atoms with E-state index in [4.69, 9.17) is 5.53 Å². The fourth-order valence-corrected chi connectivity index (χ4v) is 1.86. The van der Waals surface area contributed by atoms with Crippen LogP contribution >= 0.6 is 15.9 Å². The summed E-state index contributed by atoms with van der Waals surface area (Å²) >= 11 is 3.52. The Bertz CT molecular complexity index is 374. The zero-order chi connectivity index (χ0) is 11.8. The number of hydrogen-bond donors (Lipinski definition) is 0. The van der Waals surface area contributed by atoms with Gasteiger partial charge in [-0.3, -0.25) is 0 Å². The van der Waals surface area contributed by atoms with Crippen molar-refractivity contribution in [2.45, 2.75) is 13.0 Å². The van der Waals surface area contributed by atoms with Crippen LogP contribution in [-0.2, 0) is 6.54 Å². The van der Waals surface area contributed by atoms with Crippen LogP contribution in [0.1, 0.15) is 12.0 Å². The first-order chi connectivity index (χ1) is 7.74. The summed E-state index contributed by atoms with van der Waals surface area (Å²) in [6.45, 7) is 2.40. The van der Waals surface area contributed by atoms with Gasteiger partial charge in [-0.15, -0.1) is 0 Å². The van der Waals surface area contributed by atoms with Crippen molar-refractivity contribution < 1.29 is 0 Å². The van der Waals surface area contributed by atoms with Crippen LogP contribution in [0.3, 0.4) is 0 Å². The summed E-state index contributed by atoms with van der Waals surface area (Å²) in [6, 6.07) is 8.19. The molecule has 0 radical (unpaired) electrons. The minimum absolute atomic E-state index is 0.566. The largest absolute Gasteiger partial charge is 0.302 e. The minimum Gasteiger partial charge on any atom is -0.302 e. The molecular weight excluding hydrogens is 268 g/mol. The molecule has 5 heteroatoms. The normalized spacial score (nSPS) is 10.2. The van der Waals surface area contributed by atoms with Gasteiger partial charge in [-0.2, -0.15) is 0 Å². The highest BCUT2D eigenvalue weighted by Crippen LogP contribution is 2.17. The van der Waals surface area contributed by atoms with E-state index in [1.165, 1.54) is 5.56 Å². The average Bonchev–Trinajstić information content (AvgIpc) is 2.28. The van der Waals surface area contributed by atoms with E-state index >= 15 is 0 Å². The minimum atomic E-state index is 0.566. The highest BCUT2D eigenvalue weighted by molar-refractivity contribution is 9.10. The van der Waals surface area contributed by atoms with Crippen molar-refractivity contribution in [3.8, 4) is 0 Å². The lowest BCUT2D eigenvalue weighted by atomic mass is 10.2. The first-order valence-corrected chi connectivity index (χ1v) is 5.96. The van der Waals surface area contributed by atoms with Crippen LogP contribution in [0.5, 0.6) is 0 Å². The lowest BCUT2D eigenvalue weighted by Gasteiger charge is -2.16. The van der Waals surface area contributed by atoms with Crippen LogP contribution < -0.4 is 0 Å². The molecule has 4 nitrogen and oxygen atoms in total. The van der Waals surface area contributed by atoms with E-state index in [-0.39, 0.29) is 0 Å². The van der Waals surface area contributed by atoms with Gasteiger partial charge < -0.3 is 4.90 Å². The third-order valence-electron chi connectivity index (χ3n) is 2.26. The van der Waals surface area contributed by atoms with Crippen molar-refractivity contribution in [2.24, 2.45) is 5.11 Å². The Morgan fingerprint density at radius 1 is 1.44 bits per heavy atom. The molecule has 0 amide bonds. The molecule has 0 atom stereocenters. The Balaban J connectivity index is 2.36. The highest BCUT2D eigenvalue weighted by atomic mass is 79.9. The van der Waals surface area contributed by atoms with Gasteiger partial charge >= 0.3 is 0 Å². The molecule has 0 saturated heterocycles. The molecule has 0 fully saturated rings. The molecule has 0 N–H and O–H groups in total. The van der Waals surface area contributed by atoms with Crippen LogP contribution in [0.25, 0.3) is 10.4 Å². The van der Waals surface area contributed by atoms with E-state index in [9.17, 15) is 0 Å². The van der Waals surface area contributed by atoms with Crippen molar-refractivity contribution in [1.29, 1.82) is 0 Å². The van der Waals surface area contributed by atoms with Crippen molar-refractivity contribution in [1.82, 2.24) is 4.90 Å². The molecular formula is C11H15BrN4. The van der Waals surface area contributed by atoms with E-state index in [0.717, 1.165) is 24.0 Å². The quantitative estimate of drug-likeness (QED) is 0.341. The van der Waals surface area contributed by atoms with Crippen molar-refractivity contribution in [2.75, 3.05) is 20.1 Å². The molecule has 0 aliphatic heterocycles. The second kappa shape index (κ2) is 7.28. The van der Waals surface area contributed by atoms with Crippen LogP contribution in [0.15, 0.2) is 33.9 Å². The third kappa shape index (κ3) is 4.66. The fraction of sp³-hybridized carbons (Fsp3) is 0.455. The lowest BCUT2D eigenvalue weighted by molar-refractivity contribution is 0.323. The van der Waals surface area contributed by atoms with E-state index in [2.05, 4.69) is 44.0 Å². The van der Waals surface area contributed by atoms with Crippen molar-refractivity contribution in [3.05, 3.63) is 44.7 Å². The number of azide groups is 1. The molecule has 1 rings (SSSR count). The highest BCUT2D eigenvalue weighted by Gasteiger charge is 2.02. The number of nitrogens with zero attached hydrogens (tertiary/aromatic N) is 4. The first-order valence-electron chi connectivity index (χ1n) is 5.17. The molecule has 0 aliphatic carbocycles. The second-order valence-corrected chi connectivity index (χ2v) is 4.49. The summed E-state index contributed by atoms with van der Waals surface area (Å²) in [7, 11) is 2.07. The Kier molecular flexibility index (Phi) is 5.93. The van der Waals surface area contributed by atoms with E-state index < -0.39 is 0 Å². The Labute approximate surface area is 104 Å². The van der Waals surface area contributed by atoms with Gasteiger partial charge in [0, 0.05) is 22.5 Å². The monoisotopic (exact) mass is 282 g/mol. The van der Waals surface area contributed by atoms with Crippen molar-refractivity contribution >= 4 is 15.9 Å². The number of halogens is 1. The molecule has 1 aromatic rings. The van der Waals surface area contributed by atoms with Gasteiger partial charge in [0.15, 0.2) is 0 Å². The molecule has 0 bridgehead atoms. The summed E-state index contributed by atoms with van der Waals surface area (Å²) < 4.78 is 1.14. The predicted octanol–water partition coefficient (Wildman–Crippen LogP) is 3.58. The standard InChI is InChI=1S/C11H15BrN4/c1-16(8-4-7-14-15-13)9-10-5-2-3-6-11(10)12/h2-3,5-6H,4,7-9H2,1H3.